The summed E-state index contributed by atoms with van der Waals surface area (Å²) >= 11 is 6.28. The fourth-order valence-electron chi connectivity index (χ4n) is 3.91. The molecule has 2 unspecified atom stereocenters. The zero-order valence-corrected chi connectivity index (χ0v) is 12.1. The van der Waals surface area contributed by atoms with Gasteiger partial charge in [-0.2, -0.15) is 0 Å². The van der Waals surface area contributed by atoms with Gasteiger partial charge >= 0.3 is 0 Å². The molecule has 0 saturated carbocycles. The molecule has 0 spiro atoms. The molecule has 3 aliphatic rings. The maximum absolute atomic E-state index is 12.8. The Morgan fingerprint density at radius 3 is 2.75 bits per heavy atom. The Hall–Kier alpha value is -1.22. The highest BCUT2D eigenvalue weighted by Gasteiger charge is 2.42. The summed E-state index contributed by atoms with van der Waals surface area (Å²) < 4.78 is 5.50. The molecular formula is C16H18ClNO2. The van der Waals surface area contributed by atoms with E-state index >= 15 is 0 Å². The molecule has 1 aromatic carbocycles. The number of piperidine rings is 1. The molecule has 3 aliphatic heterocycles. The molecule has 3 nitrogen and oxygen atoms in total. The molecule has 2 saturated heterocycles. The smallest absolute Gasteiger partial charge is 0.254 e. The number of ether oxygens (including phenoxy) is 1. The lowest BCUT2D eigenvalue weighted by Crippen LogP contribution is -2.46. The molecular weight excluding hydrogens is 274 g/mol. The quantitative estimate of drug-likeness (QED) is 0.745. The number of carbonyl (C=O) groups is 1. The fourth-order valence-corrected chi connectivity index (χ4v) is 4.32. The molecule has 1 amide bonds. The molecule has 0 radical (unpaired) electrons. The second-order valence-electron chi connectivity index (χ2n) is 6.09. The molecule has 0 aromatic heterocycles. The maximum atomic E-state index is 12.8. The predicted octanol–water partition coefficient (Wildman–Crippen LogP) is 3.00. The van der Waals surface area contributed by atoms with Crippen LogP contribution in [-0.2, 0) is 6.42 Å². The standard InChI is InChI=1S/C16H18ClNO2/c17-12-8-13-2-3-14(9-12)18(13)16(19)11-1-4-15-10(7-11)5-6-20-15/h1,4,7,12-14H,2-3,5-6,8-9H2. The van der Waals surface area contributed by atoms with Crippen LogP contribution in [0, 0.1) is 0 Å². The number of carbonyl (C=O) groups excluding carboxylic acids is 1. The molecule has 106 valence electrons. The highest BCUT2D eigenvalue weighted by molar-refractivity contribution is 6.20. The van der Waals surface area contributed by atoms with Crippen LogP contribution in [0.25, 0.3) is 0 Å². The van der Waals surface area contributed by atoms with Crippen LogP contribution in [0.15, 0.2) is 18.2 Å². The monoisotopic (exact) mass is 291 g/mol. The van der Waals surface area contributed by atoms with E-state index in [1.807, 2.05) is 18.2 Å². The zero-order chi connectivity index (χ0) is 13.7. The number of rotatable bonds is 1. The van der Waals surface area contributed by atoms with E-state index < -0.39 is 0 Å². The van der Waals surface area contributed by atoms with Gasteiger partial charge in [-0.05, 0) is 49.4 Å². The van der Waals surface area contributed by atoms with Gasteiger partial charge in [0.15, 0.2) is 0 Å². The van der Waals surface area contributed by atoms with Gasteiger partial charge in [0.05, 0.1) is 6.61 Å². The van der Waals surface area contributed by atoms with Crippen LogP contribution in [0.3, 0.4) is 0 Å². The third-order valence-electron chi connectivity index (χ3n) is 4.85. The minimum atomic E-state index is 0.177. The van der Waals surface area contributed by atoms with E-state index in [0.29, 0.717) is 12.1 Å². The van der Waals surface area contributed by atoms with Crippen molar-refractivity contribution in [2.75, 3.05) is 6.61 Å². The van der Waals surface area contributed by atoms with Crippen LogP contribution in [0.4, 0.5) is 0 Å². The first-order chi connectivity index (χ1) is 9.72. The molecule has 20 heavy (non-hydrogen) atoms. The van der Waals surface area contributed by atoms with Gasteiger partial charge in [0, 0.05) is 29.4 Å². The number of alkyl halides is 1. The number of fused-ring (bicyclic) bond motifs is 3. The summed E-state index contributed by atoms with van der Waals surface area (Å²) in [5, 5.41) is 0.241. The van der Waals surface area contributed by atoms with Crippen molar-refractivity contribution in [2.24, 2.45) is 0 Å². The van der Waals surface area contributed by atoms with Gasteiger partial charge in [-0.1, -0.05) is 0 Å². The average molecular weight is 292 g/mol. The number of amides is 1. The summed E-state index contributed by atoms with van der Waals surface area (Å²) in [4.78, 5) is 14.9. The Kier molecular flexibility index (Phi) is 2.92. The van der Waals surface area contributed by atoms with E-state index in [1.54, 1.807) is 0 Å². The van der Waals surface area contributed by atoms with Crippen molar-refractivity contribution in [3.8, 4) is 5.75 Å². The first-order valence-electron chi connectivity index (χ1n) is 7.45. The van der Waals surface area contributed by atoms with Crippen molar-refractivity contribution in [1.82, 2.24) is 4.90 Å². The predicted molar refractivity (Wildman–Crippen MR) is 77.5 cm³/mol. The molecule has 2 bridgehead atoms. The van der Waals surface area contributed by atoms with Crippen LogP contribution in [0.1, 0.15) is 41.6 Å². The summed E-state index contributed by atoms with van der Waals surface area (Å²) in [6, 6.07) is 6.53. The number of benzene rings is 1. The summed E-state index contributed by atoms with van der Waals surface area (Å²) in [6.07, 6.45) is 5.00. The lowest BCUT2D eigenvalue weighted by molar-refractivity contribution is 0.0599. The molecule has 4 rings (SSSR count). The fraction of sp³-hybridized carbons (Fsp3) is 0.562. The number of hydrogen-bond donors (Lipinski definition) is 0. The van der Waals surface area contributed by atoms with Crippen molar-refractivity contribution in [2.45, 2.75) is 49.6 Å². The summed E-state index contributed by atoms with van der Waals surface area (Å²) in [7, 11) is 0. The number of nitrogens with zero attached hydrogens (tertiary/aromatic N) is 1. The highest BCUT2D eigenvalue weighted by atomic mass is 35.5. The van der Waals surface area contributed by atoms with E-state index in [0.717, 1.165) is 55.6 Å². The second-order valence-corrected chi connectivity index (χ2v) is 6.70. The van der Waals surface area contributed by atoms with Crippen molar-refractivity contribution in [3.63, 3.8) is 0 Å². The van der Waals surface area contributed by atoms with Crippen LogP contribution in [0.5, 0.6) is 5.75 Å². The largest absolute Gasteiger partial charge is 0.493 e. The summed E-state index contributed by atoms with van der Waals surface area (Å²) in [6.45, 7) is 0.732. The minimum Gasteiger partial charge on any atom is -0.493 e. The Labute approximate surface area is 123 Å². The van der Waals surface area contributed by atoms with E-state index in [-0.39, 0.29) is 11.3 Å². The lowest BCUT2D eigenvalue weighted by Gasteiger charge is -2.37. The van der Waals surface area contributed by atoms with Crippen LogP contribution in [0.2, 0.25) is 0 Å². The van der Waals surface area contributed by atoms with Crippen molar-refractivity contribution >= 4 is 17.5 Å². The van der Waals surface area contributed by atoms with Gasteiger partial charge in [-0.15, -0.1) is 11.6 Å². The van der Waals surface area contributed by atoms with Crippen molar-refractivity contribution in [1.29, 1.82) is 0 Å². The second kappa shape index (κ2) is 4.66. The van der Waals surface area contributed by atoms with Crippen LogP contribution < -0.4 is 4.74 Å². The Balaban J connectivity index is 1.61. The third-order valence-corrected chi connectivity index (χ3v) is 5.20. The topological polar surface area (TPSA) is 29.5 Å². The Morgan fingerprint density at radius 2 is 2.00 bits per heavy atom. The van der Waals surface area contributed by atoms with Gasteiger partial charge in [-0.25, -0.2) is 0 Å². The first kappa shape index (κ1) is 12.5. The molecule has 4 heteroatoms. The molecule has 0 aliphatic carbocycles. The summed E-state index contributed by atoms with van der Waals surface area (Å²) in [5.41, 5.74) is 1.97. The van der Waals surface area contributed by atoms with E-state index in [2.05, 4.69) is 4.90 Å². The Bertz CT molecular complexity index is 545. The summed E-state index contributed by atoms with van der Waals surface area (Å²) in [5.74, 6) is 1.11. The maximum Gasteiger partial charge on any atom is 0.254 e. The van der Waals surface area contributed by atoms with Crippen molar-refractivity contribution in [3.05, 3.63) is 29.3 Å². The van der Waals surface area contributed by atoms with Gasteiger partial charge in [0.2, 0.25) is 0 Å². The molecule has 2 fully saturated rings. The number of hydrogen-bond acceptors (Lipinski definition) is 2. The van der Waals surface area contributed by atoms with Crippen LogP contribution >= 0.6 is 11.6 Å². The Morgan fingerprint density at radius 1 is 1.25 bits per heavy atom. The normalized spacial score (nSPS) is 31.1. The SMILES string of the molecule is O=C(c1ccc2c(c1)CCO2)N1C2CCC1CC(Cl)C2. The van der Waals surface area contributed by atoms with Crippen LogP contribution in [-0.4, -0.2) is 34.9 Å². The van der Waals surface area contributed by atoms with E-state index in [1.165, 1.54) is 0 Å². The molecule has 2 atom stereocenters. The minimum absolute atomic E-state index is 0.177. The third kappa shape index (κ3) is 1.91. The van der Waals surface area contributed by atoms with Gasteiger partial charge in [0.1, 0.15) is 5.75 Å². The van der Waals surface area contributed by atoms with Gasteiger partial charge in [0.25, 0.3) is 5.91 Å². The highest BCUT2D eigenvalue weighted by Crippen LogP contribution is 2.39. The molecule has 1 aromatic rings. The average Bonchev–Trinajstić information content (AvgIpc) is 3.00. The van der Waals surface area contributed by atoms with E-state index in [4.69, 9.17) is 16.3 Å². The van der Waals surface area contributed by atoms with E-state index in [9.17, 15) is 4.79 Å². The van der Waals surface area contributed by atoms with Crippen molar-refractivity contribution < 1.29 is 9.53 Å². The first-order valence-corrected chi connectivity index (χ1v) is 7.88. The molecule has 0 N–H and O–H groups in total. The zero-order valence-electron chi connectivity index (χ0n) is 11.3. The van der Waals surface area contributed by atoms with Gasteiger partial charge in [-0.3, -0.25) is 4.79 Å². The molecule has 3 heterocycles. The lowest BCUT2D eigenvalue weighted by atomic mass is 10.00. The van der Waals surface area contributed by atoms with Gasteiger partial charge < -0.3 is 9.64 Å². The number of halogens is 1.